The summed E-state index contributed by atoms with van der Waals surface area (Å²) in [5.41, 5.74) is 2.58. The number of hydrogen-bond donors (Lipinski definition) is 3. The van der Waals surface area contributed by atoms with Gasteiger partial charge in [-0.1, -0.05) is 43.3 Å². The molecule has 0 aliphatic rings. The van der Waals surface area contributed by atoms with Gasteiger partial charge >= 0.3 is 0 Å². The van der Waals surface area contributed by atoms with Crippen molar-refractivity contribution in [3.63, 3.8) is 0 Å². The van der Waals surface area contributed by atoms with Gasteiger partial charge in [-0.3, -0.25) is 0 Å². The zero-order valence-corrected chi connectivity index (χ0v) is 17.6. The van der Waals surface area contributed by atoms with Crippen molar-refractivity contribution in [2.45, 2.75) is 45.5 Å². The van der Waals surface area contributed by atoms with Crippen LogP contribution in [-0.4, -0.2) is 33.1 Å². The number of rotatable bonds is 9. The first kappa shape index (κ1) is 21.9. The average Bonchev–Trinajstić information content (AvgIpc) is 3.13. The van der Waals surface area contributed by atoms with Gasteiger partial charge in [0.15, 0.2) is 11.7 Å². The van der Waals surface area contributed by atoms with Gasteiger partial charge in [0.2, 0.25) is 10.0 Å². The fourth-order valence-corrected chi connectivity index (χ4v) is 3.24. The normalized spacial score (nSPS) is 12.4. The van der Waals surface area contributed by atoms with Gasteiger partial charge in [0.1, 0.15) is 0 Å². The largest absolute Gasteiger partial charge is 0.359 e. The Bertz CT molecular complexity index is 890. The highest BCUT2D eigenvalue weighted by Gasteiger charge is 2.10. The molecule has 28 heavy (non-hydrogen) atoms. The van der Waals surface area contributed by atoms with E-state index in [1.165, 1.54) is 7.05 Å². The van der Waals surface area contributed by atoms with Gasteiger partial charge in [-0.25, -0.2) is 18.1 Å². The molecule has 2 aromatic rings. The number of guanidine groups is 1. The number of aliphatic imine (C=N–C) groups is 1. The summed E-state index contributed by atoms with van der Waals surface area (Å²) >= 11 is 0. The number of aromatic nitrogens is 1. The summed E-state index contributed by atoms with van der Waals surface area (Å²) in [6.07, 6.45) is 0. The Morgan fingerprint density at radius 3 is 2.61 bits per heavy atom. The third kappa shape index (κ3) is 6.97. The van der Waals surface area contributed by atoms with Crippen LogP contribution in [0.4, 0.5) is 0 Å². The van der Waals surface area contributed by atoms with Crippen molar-refractivity contribution in [3.8, 4) is 0 Å². The van der Waals surface area contributed by atoms with Gasteiger partial charge in [0.05, 0.1) is 24.5 Å². The van der Waals surface area contributed by atoms with E-state index in [2.05, 4.69) is 39.4 Å². The number of nitrogens with zero attached hydrogens (tertiary/aromatic N) is 2. The van der Waals surface area contributed by atoms with E-state index in [9.17, 15) is 8.42 Å². The number of hydrogen-bond acceptors (Lipinski definition) is 5. The van der Waals surface area contributed by atoms with E-state index in [0.717, 1.165) is 29.1 Å². The molecule has 0 unspecified atom stereocenters. The average molecular weight is 408 g/mol. The zero-order valence-electron chi connectivity index (χ0n) is 16.8. The maximum atomic E-state index is 11.7. The van der Waals surface area contributed by atoms with Crippen molar-refractivity contribution in [1.82, 2.24) is 20.5 Å². The molecule has 0 amide bonds. The predicted octanol–water partition coefficient (Wildman–Crippen LogP) is 2.10. The van der Waals surface area contributed by atoms with Crippen LogP contribution in [0.25, 0.3) is 0 Å². The molecule has 0 aliphatic carbocycles. The van der Waals surface area contributed by atoms with Crippen LogP contribution < -0.4 is 15.4 Å². The number of sulfonamides is 1. The van der Waals surface area contributed by atoms with Gasteiger partial charge in [-0.05, 0) is 31.0 Å². The van der Waals surface area contributed by atoms with Crippen molar-refractivity contribution in [2.75, 3.05) is 13.6 Å². The fourth-order valence-electron chi connectivity index (χ4n) is 2.48. The number of benzene rings is 1. The van der Waals surface area contributed by atoms with Gasteiger partial charge < -0.3 is 15.2 Å². The van der Waals surface area contributed by atoms with Crippen LogP contribution in [0.5, 0.6) is 0 Å². The van der Waals surface area contributed by atoms with Crippen molar-refractivity contribution >= 4 is 16.0 Å². The highest BCUT2D eigenvalue weighted by Crippen LogP contribution is 2.14. The van der Waals surface area contributed by atoms with E-state index in [-0.39, 0.29) is 5.75 Å². The molecule has 1 aromatic heterocycles. The monoisotopic (exact) mass is 407 g/mol. The molecule has 0 saturated heterocycles. The molecule has 0 radical (unpaired) electrons. The molecule has 0 atom stereocenters. The lowest BCUT2D eigenvalue weighted by Crippen LogP contribution is -2.36. The molecular weight excluding hydrogens is 378 g/mol. The maximum absolute atomic E-state index is 11.7. The minimum atomic E-state index is -3.30. The lowest BCUT2D eigenvalue weighted by atomic mass is 10.1. The summed E-state index contributed by atoms with van der Waals surface area (Å²) in [7, 11) is -1.89. The van der Waals surface area contributed by atoms with E-state index < -0.39 is 10.0 Å². The van der Waals surface area contributed by atoms with E-state index >= 15 is 0 Å². The SMILES string of the molecule is CCNC(=NCc1cccc(CS(=O)(=O)NC)c1)NCc1cc(C(C)C)no1. The van der Waals surface area contributed by atoms with Gasteiger partial charge in [-0.2, -0.15) is 0 Å². The molecule has 154 valence electrons. The van der Waals surface area contributed by atoms with Crippen molar-refractivity contribution < 1.29 is 12.9 Å². The minimum absolute atomic E-state index is 0.0525. The molecule has 1 aromatic carbocycles. The third-order valence-corrected chi connectivity index (χ3v) is 5.36. The highest BCUT2D eigenvalue weighted by atomic mass is 32.2. The third-order valence-electron chi connectivity index (χ3n) is 4.02. The molecule has 2 rings (SSSR count). The predicted molar refractivity (Wildman–Crippen MR) is 110 cm³/mol. The molecule has 3 N–H and O–H groups in total. The van der Waals surface area contributed by atoms with Crippen LogP contribution in [0, 0.1) is 0 Å². The lowest BCUT2D eigenvalue weighted by Gasteiger charge is -2.10. The Hall–Kier alpha value is -2.39. The molecule has 0 aliphatic heterocycles. The molecule has 0 bridgehead atoms. The van der Waals surface area contributed by atoms with Gasteiger partial charge in [-0.15, -0.1) is 0 Å². The molecule has 0 saturated carbocycles. The summed E-state index contributed by atoms with van der Waals surface area (Å²) in [6, 6.07) is 9.35. The van der Waals surface area contributed by atoms with Crippen molar-refractivity contribution in [3.05, 3.63) is 52.9 Å². The van der Waals surface area contributed by atoms with Crippen LogP contribution in [0.3, 0.4) is 0 Å². The summed E-state index contributed by atoms with van der Waals surface area (Å²) < 4.78 is 31.1. The standard InChI is InChI=1S/C19H29N5O3S/c1-5-21-19(23-12-17-10-18(14(2)3)24-27-17)22-11-15-7-6-8-16(9-15)13-28(25,26)20-4/h6-10,14,20H,5,11-13H2,1-4H3,(H2,21,22,23). The second kappa shape index (κ2) is 10.2. The van der Waals surface area contributed by atoms with Crippen LogP contribution in [0.15, 0.2) is 39.8 Å². The Labute approximate surface area is 166 Å². The summed E-state index contributed by atoms with van der Waals surface area (Å²) in [6.45, 7) is 7.75. The van der Waals surface area contributed by atoms with Crippen LogP contribution in [-0.2, 0) is 28.9 Å². The summed E-state index contributed by atoms with van der Waals surface area (Å²) in [5, 5.41) is 10.5. The van der Waals surface area contributed by atoms with Crippen LogP contribution in [0.1, 0.15) is 49.3 Å². The molecule has 8 nitrogen and oxygen atoms in total. The first-order valence-electron chi connectivity index (χ1n) is 9.29. The summed E-state index contributed by atoms with van der Waals surface area (Å²) in [5.74, 6) is 1.66. The number of nitrogens with one attached hydrogen (secondary N) is 3. The van der Waals surface area contributed by atoms with E-state index in [0.29, 0.717) is 25.0 Å². The smallest absolute Gasteiger partial charge is 0.215 e. The first-order valence-corrected chi connectivity index (χ1v) is 10.9. The van der Waals surface area contributed by atoms with E-state index in [1.807, 2.05) is 31.2 Å². The minimum Gasteiger partial charge on any atom is -0.359 e. The van der Waals surface area contributed by atoms with Gasteiger partial charge in [0.25, 0.3) is 0 Å². The second-order valence-electron chi connectivity index (χ2n) is 6.70. The summed E-state index contributed by atoms with van der Waals surface area (Å²) in [4.78, 5) is 4.57. The van der Waals surface area contributed by atoms with E-state index in [1.54, 1.807) is 6.07 Å². The Balaban J connectivity index is 2.01. The van der Waals surface area contributed by atoms with E-state index in [4.69, 9.17) is 4.52 Å². The maximum Gasteiger partial charge on any atom is 0.215 e. The Kier molecular flexibility index (Phi) is 8.01. The van der Waals surface area contributed by atoms with Gasteiger partial charge in [0, 0.05) is 12.6 Å². The first-order chi connectivity index (χ1) is 13.3. The fraction of sp³-hybridized carbons (Fsp3) is 0.474. The highest BCUT2D eigenvalue weighted by molar-refractivity contribution is 7.88. The Morgan fingerprint density at radius 1 is 1.21 bits per heavy atom. The van der Waals surface area contributed by atoms with Crippen LogP contribution >= 0.6 is 0 Å². The van der Waals surface area contributed by atoms with Crippen molar-refractivity contribution in [2.24, 2.45) is 4.99 Å². The van der Waals surface area contributed by atoms with Crippen molar-refractivity contribution in [1.29, 1.82) is 0 Å². The topological polar surface area (TPSA) is 109 Å². The molecule has 9 heteroatoms. The second-order valence-corrected chi connectivity index (χ2v) is 8.63. The molecule has 1 heterocycles. The molecular formula is C19H29N5O3S. The lowest BCUT2D eigenvalue weighted by molar-refractivity contribution is 0.372. The molecule has 0 spiro atoms. The van der Waals surface area contributed by atoms with Crippen LogP contribution in [0.2, 0.25) is 0 Å². The molecule has 0 fully saturated rings. The zero-order chi connectivity index (χ0) is 20.6. The Morgan fingerprint density at radius 2 is 1.96 bits per heavy atom. The quantitative estimate of drug-likeness (QED) is 0.434.